The Labute approximate surface area is 148 Å². The predicted molar refractivity (Wildman–Crippen MR) is 98.9 cm³/mol. The lowest BCUT2D eigenvalue weighted by molar-refractivity contribution is 0.0858. The van der Waals surface area contributed by atoms with Gasteiger partial charge in [0.05, 0.1) is 11.6 Å². The first-order valence-electron chi connectivity index (χ1n) is 9.06. The first-order chi connectivity index (χ1) is 12.1. The number of carbonyl (C=O) groups excluding carboxylic acids is 1. The number of nitrogens with two attached hydrogens (primary N) is 1. The van der Waals surface area contributed by atoms with Crippen molar-refractivity contribution in [3.8, 4) is 0 Å². The molecule has 0 unspecified atom stereocenters. The van der Waals surface area contributed by atoms with E-state index in [0.29, 0.717) is 5.82 Å². The summed E-state index contributed by atoms with van der Waals surface area (Å²) in [5.41, 5.74) is 11.6. The van der Waals surface area contributed by atoms with Crippen molar-refractivity contribution >= 4 is 17.4 Å². The Kier molecular flexibility index (Phi) is 4.00. The van der Waals surface area contributed by atoms with Crippen LogP contribution in [-0.2, 0) is 13.0 Å². The van der Waals surface area contributed by atoms with Crippen LogP contribution in [-0.4, -0.2) is 40.2 Å². The molecule has 3 N–H and O–H groups in total. The summed E-state index contributed by atoms with van der Waals surface area (Å²) in [4.78, 5) is 15.6. The zero-order valence-electron chi connectivity index (χ0n) is 14.9. The van der Waals surface area contributed by atoms with Crippen LogP contribution < -0.4 is 11.1 Å². The molecule has 6 nitrogen and oxygen atoms in total. The van der Waals surface area contributed by atoms with Crippen molar-refractivity contribution in [3.63, 3.8) is 0 Å². The number of rotatable bonds is 2. The van der Waals surface area contributed by atoms with Gasteiger partial charge in [0.15, 0.2) is 0 Å². The lowest BCUT2D eigenvalue weighted by atomic mass is 9.88. The van der Waals surface area contributed by atoms with Gasteiger partial charge in [-0.25, -0.2) is 0 Å². The zero-order chi connectivity index (χ0) is 17.6. The molecule has 2 aliphatic rings. The molecule has 0 fully saturated rings. The maximum atomic E-state index is 13.2. The van der Waals surface area contributed by atoms with Gasteiger partial charge in [-0.3, -0.25) is 9.69 Å². The Balaban J connectivity index is 1.70. The number of hydrogen-bond acceptors (Lipinski definition) is 5. The van der Waals surface area contributed by atoms with E-state index in [4.69, 9.17) is 5.73 Å². The van der Waals surface area contributed by atoms with Crippen LogP contribution in [0.25, 0.3) is 0 Å². The Hall–Kier alpha value is -2.34. The minimum atomic E-state index is -0.193. The van der Waals surface area contributed by atoms with Gasteiger partial charge in [0, 0.05) is 30.9 Å². The SMILES string of the molecule is CCN1CCc2c(nn(C(=O)[C@H]3CCNc4c(C)cccc43)c2N)C1. The monoisotopic (exact) mass is 339 g/mol. The number of aromatic nitrogens is 2. The summed E-state index contributed by atoms with van der Waals surface area (Å²) < 4.78 is 1.46. The topological polar surface area (TPSA) is 76.2 Å². The summed E-state index contributed by atoms with van der Waals surface area (Å²) in [5.74, 6) is 0.328. The number of nitrogens with one attached hydrogen (secondary N) is 1. The Morgan fingerprint density at radius 3 is 3.08 bits per heavy atom. The summed E-state index contributed by atoms with van der Waals surface area (Å²) in [7, 11) is 0. The maximum Gasteiger partial charge on any atom is 0.256 e. The standard InChI is InChI=1S/C19H25N5O/c1-3-23-10-8-15-16(11-23)22-24(18(15)20)19(25)14-7-9-21-17-12(2)5-4-6-13(14)17/h4-6,14,21H,3,7-11,20H2,1-2H3/t14-/m0/s1. The van der Waals surface area contributed by atoms with E-state index in [1.807, 2.05) is 12.1 Å². The van der Waals surface area contributed by atoms with Gasteiger partial charge in [0.2, 0.25) is 0 Å². The Morgan fingerprint density at radius 2 is 2.28 bits per heavy atom. The van der Waals surface area contributed by atoms with Crippen molar-refractivity contribution in [2.75, 3.05) is 30.7 Å². The molecule has 3 heterocycles. The van der Waals surface area contributed by atoms with Crippen LogP contribution in [0.1, 0.15) is 46.4 Å². The number of para-hydroxylation sites is 1. The fourth-order valence-electron chi connectivity index (χ4n) is 4.03. The largest absolute Gasteiger partial charge is 0.385 e. The minimum absolute atomic E-state index is 0.0108. The molecule has 0 amide bonds. The number of hydrogen-bond donors (Lipinski definition) is 2. The number of carbonyl (C=O) groups is 1. The molecule has 2 aliphatic heterocycles. The quantitative estimate of drug-likeness (QED) is 0.879. The van der Waals surface area contributed by atoms with Gasteiger partial charge in [0.25, 0.3) is 5.91 Å². The number of anilines is 2. The highest BCUT2D eigenvalue weighted by Crippen LogP contribution is 2.36. The first-order valence-corrected chi connectivity index (χ1v) is 9.06. The molecule has 4 rings (SSSR count). The van der Waals surface area contributed by atoms with Crippen molar-refractivity contribution in [1.82, 2.24) is 14.7 Å². The fraction of sp³-hybridized carbons (Fsp3) is 0.474. The van der Waals surface area contributed by atoms with Crippen molar-refractivity contribution in [3.05, 3.63) is 40.6 Å². The van der Waals surface area contributed by atoms with Crippen LogP contribution in [0.4, 0.5) is 11.5 Å². The van der Waals surface area contributed by atoms with E-state index in [0.717, 1.165) is 61.5 Å². The number of benzene rings is 1. The highest BCUT2D eigenvalue weighted by Gasteiger charge is 2.32. The molecule has 25 heavy (non-hydrogen) atoms. The summed E-state index contributed by atoms with van der Waals surface area (Å²) >= 11 is 0. The molecule has 2 aromatic rings. The molecule has 0 spiro atoms. The average Bonchev–Trinajstić information content (AvgIpc) is 2.97. The van der Waals surface area contributed by atoms with Crippen molar-refractivity contribution in [2.24, 2.45) is 0 Å². The zero-order valence-corrected chi connectivity index (χ0v) is 14.9. The van der Waals surface area contributed by atoms with Crippen LogP contribution in [0.15, 0.2) is 18.2 Å². The lowest BCUT2D eigenvalue weighted by Crippen LogP contribution is -2.30. The van der Waals surface area contributed by atoms with Crippen molar-refractivity contribution in [1.29, 1.82) is 0 Å². The molecule has 1 aromatic carbocycles. The molecule has 0 saturated carbocycles. The van der Waals surface area contributed by atoms with E-state index in [1.54, 1.807) is 0 Å². The van der Waals surface area contributed by atoms with Gasteiger partial charge in [-0.05, 0) is 37.4 Å². The van der Waals surface area contributed by atoms with E-state index in [-0.39, 0.29) is 11.8 Å². The van der Waals surface area contributed by atoms with E-state index < -0.39 is 0 Å². The maximum absolute atomic E-state index is 13.2. The average molecular weight is 339 g/mol. The second-order valence-corrected chi connectivity index (χ2v) is 6.99. The number of likely N-dealkylation sites (N-methyl/N-ethyl adjacent to an activating group) is 1. The highest BCUT2D eigenvalue weighted by atomic mass is 16.2. The van der Waals surface area contributed by atoms with Crippen LogP contribution in [0.2, 0.25) is 0 Å². The normalized spacial score (nSPS) is 19.8. The Bertz CT molecular complexity index is 825. The smallest absolute Gasteiger partial charge is 0.256 e. The van der Waals surface area contributed by atoms with E-state index >= 15 is 0 Å². The number of nitrogen functional groups attached to an aromatic ring is 1. The van der Waals surface area contributed by atoms with E-state index in [2.05, 4.69) is 35.2 Å². The fourth-order valence-corrected chi connectivity index (χ4v) is 4.03. The third kappa shape index (κ3) is 2.61. The van der Waals surface area contributed by atoms with Gasteiger partial charge < -0.3 is 11.1 Å². The second kappa shape index (κ2) is 6.19. The minimum Gasteiger partial charge on any atom is -0.385 e. The number of aryl methyl sites for hydroxylation is 1. The van der Waals surface area contributed by atoms with Crippen molar-refractivity contribution in [2.45, 2.75) is 39.2 Å². The molecule has 0 radical (unpaired) electrons. The summed E-state index contributed by atoms with van der Waals surface area (Å²) in [6.07, 6.45) is 1.63. The summed E-state index contributed by atoms with van der Waals surface area (Å²) in [6.45, 7) is 7.74. The van der Waals surface area contributed by atoms with E-state index in [9.17, 15) is 4.79 Å². The molecule has 0 saturated heterocycles. The molecular weight excluding hydrogens is 314 g/mol. The molecule has 1 atom stereocenters. The summed E-state index contributed by atoms with van der Waals surface area (Å²) in [6, 6.07) is 6.12. The molecule has 1 aromatic heterocycles. The van der Waals surface area contributed by atoms with Gasteiger partial charge in [0.1, 0.15) is 5.82 Å². The molecular formula is C19H25N5O. The second-order valence-electron chi connectivity index (χ2n) is 6.99. The summed E-state index contributed by atoms with van der Waals surface area (Å²) in [5, 5.41) is 8.02. The number of fused-ring (bicyclic) bond motifs is 2. The Morgan fingerprint density at radius 1 is 1.44 bits per heavy atom. The first kappa shape index (κ1) is 16.1. The molecule has 0 aliphatic carbocycles. The lowest BCUT2D eigenvalue weighted by Gasteiger charge is -2.27. The van der Waals surface area contributed by atoms with E-state index in [1.165, 1.54) is 10.2 Å². The van der Waals surface area contributed by atoms with Crippen LogP contribution >= 0.6 is 0 Å². The van der Waals surface area contributed by atoms with Gasteiger partial charge in [-0.1, -0.05) is 25.1 Å². The third-order valence-corrected chi connectivity index (χ3v) is 5.53. The molecule has 0 bridgehead atoms. The number of nitrogens with zero attached hydrogens (tertiary/aromatic N) is 3. The molecule has 132 valence electrons. The van der Waals surface area contributed by atoms with Crippen LogP contribution in [0.5, 0.6) is 0 Å². The predicted octanol–water partition coefficient (Wildman–Crippen LogP) is 2.39. The third-order valence-electron chi connectivity index (χ3n) is 5.53. The molecule has 6 heteroatoms. The van der Waals surface area contributed by atoms with Crippen molar-refractivity contribution < 1.29 is 4.79 Å². The highest BCUT2D eigenvalue weighted by molar-refractivity contribution is 5.90. The van der Waals surface area contributed by atoms with Gasteiger partial charge in [-0.15, -0.1) is 0 Å². The van der Waals surface area contributed by atoms with Gasteiger partial charge in [-0.2, -0.15) is 9.78 Å². The van der Waals surface area contributed by atoms with Crippen LogP contribution in [0, 0.1) is 6.92 Å². The van der Waals surface area contributed by atoms with Gasteiger partial charge >= 0.3 is 0 Å². The van der Waals surface area contributed by atoms with Crippen LogP contribution in [0.3, 0.4) is 0 Å².